The fourth-order valence-electron chi connectivity index (χ4n) is 4.07. The predicted octanol–water partition coefficient (Wildman–Crippen LogP) is 3.54. The molecule has 1 fully saturated rings. The van der Waals surface area contributed by atoms with Crippen LogP contribution in [0, 0.1) is 5.92 Å². The molecule has 0 unspecified atom stereocenters. The highest BCUT2D eigenvalue weighted by Crippen LogP contribution is 2.28. The minimum Gasteiger partial charge on any atom is -0.341 e. The highest BCUT2D eigenvalue weighted by Gasteiger charge is 2.33. The van der Waals surface area contributed by atoms with E-state index in [1.54, 1.807) is 24.3 Å². The maximum Gasteiger partial charge on any atom is 0.253 e. The molecule has 2 aromatic heterocycles. The summed E-state index contributed by atoms with van der Waals surface area (Å²) >= 11 is 6.15. The smallest absolute Gasteiger partial charge is 0.253 e. The molecule has 1 aromatic carbocycles. The number of rotatable bonds is 5. The lowest BCUT2D eigenvalue weighted by molar-refractivity contribution is -0.135. The molecule has 4 rings (SSSR count). The van der Waals surface area contributed by atoms with E-state index in [0.29, 0.717) is 23.7 Å². The summed E-state index contributed by atoms with van der Waals surface area (Å²) in [4.78, 5) is 27.8. The Hall–Kier alpha value is -2.93. The molecule has 0 spiro atoms. The normalized spacial score (nSPS) is 15.9. The van der Waals surface area contributed by atoms with Crippen molar-refractivity contribution in [1.29, 1.82) is 0 Å². The van der Waals surface area contributed by atoms with Gasteiger partial charge in [-0.3, -0.25) is 14.0 Å². The number of fused-ring (bicyclic) bond motifs is 1. The van der Waals surface area contributed by atoms with Crippen LogP contribution in [-0.4, -0.2) is 50.4 Å². The third-order valence-electron chi connectivity index (χ3n) is 5.85. The van der Waals surface area contributed by atoms with Gasteiger partial charge in [0.05, 0.1) is 10.6 Å². The van der Waals surface area contributed by atoms with E-state index in [1.807, 2.05) is 47.5 Å². The number of likely N-dealkylation sites (tertiary alicyclic amines) is 1. The van der Waals surface area contributed by atoms with Gasteiger partial charge in [0, 0.05) is 25.2 Å². The molecule has 2 amide bonds. The molecule has 3 aromatic rings. The van der Waals surface area contributed by atoms with Gasteiger partial charge in [-0.25, -0.2) is 0 Å². The Morgan fingerprint density at radius 1 is 1.06 bits per heavy atom. The first-order valence-electron chi connectivity index (χ1n) is 10.6. The van der Waals surface area contributed by atoms with Crippen molar-refractivity contribution in [2.75, 3.05) is 13.1 Å². The average molecular weight is 440 g/mol. The number of benzene rings is 1. The Bertz CT molecular complexity index is 1090. The molecule has 0 aliphatic carbocycles. The lowest BCUT2D eigenvalue weighted by Crippen LogP contribution is -2.53. The Morgan fingerprint density at radius 3 is 2.48 bits per heavy atom. The monoisotopic (exact) mass is 439 g/mol. The Labute approximate surface area is 186 Å². The lowest BCUT2D eigenvalue weighted by Gasteiger charge is -2.35. The molecular weight excluding hydrogens is 414 g/mol. The minimum absolute atomic E-state index is 0.0444. The van der Waals surface area contributed by atoms with Gasteiger partial charge in [0.25, 0.3) is 5.91 Å². The lowest BCUT2D eigenvalue weighted by atomic mass is 9.94. The fourth-order valence-corrected chi connectivity index (χ4v) is 4.29. The van der Waals surface area contributed by atoms with Crippen LogP contribution in [0.4, 0.5) is 0 Å². The number of hydrogen-bond donors (Lipinski definition) is 1. The molecule has 1 aliphatic rings. The second-order valence-corrected chi connectivity index (χ2v) is 8.67. The average Bonchev–Trinajstić information content (AvgIpc) is 3.21. The Kier molecular flexibility index (Phi) is 6.23. The first-order chi connectivity index (χ1) is 15.0. The van der Waals surface area contributed by atoms with Crippen LogP contribution in [0.25, 0.3) is 5.65 Å². The van der Waals surface area contributed by atoms with Crippen molar-refractivity contribution in [2.24, 2.45) is 5.92 Å². The molecule has 7 nitrogen and oxygen atoms in total. The molecular formula is C23H26ClN5O2. The van der Waals surface area contributed by atoms with Gasteiger partial charge in [0.15, 0.2) is 5.65 Å². The maximum atomic E-state index is 13.2. The zero-order valence-electron chi connectivity index (χ0n) is 17.7. The fraction of sp³-hybridized carbons (Fsp3) is 0.391. The van der Waals surface area contributed by atoms with E-state index in [0.717, 1.165) is 24.3 Å². The standard InChI is InChI=1S/C23H26ClN5O2/c1-15(2)20(25-22(30)17-7-3-4-8-18(17)24)23(31)28-13-10-16(11-14-28)21-27-26-19-9-5-6-12-29(19)21/h3-9,12,15-16,20H,10-11,13-14H2,1-2H3,(H,25,30)/t20-/m1/s1. The molecule has 1 aliphatic heterocycles. The second-order valence-electron chi connectivity index (χ2n) is 8.26. The van der Waals surface area contributed by atoms with Crippen molar-refractivity contribution < 1.29 is 9.59 Å². The number of aromatic nitrogens is 3. The molecule has 1 atom stereocenters. The Morgan fingerprint density at radius 2 is 1.77 bits per heavy atom. The van der Waals surface area contributed by atoms with Gasteiger partial charge in [-0.1, -0.05) is 43.6 Å². The van der Waals surface area contributed by atoms with Gasteiger partial charge in [0.1, 0.15) is 11.9 Å². The van der Waals surface area contributed by atoms with E-state index in [2.05, 4.69) is 15.5 Å². The second kappa shape index (κ2) is 9.06. The van der Waals surface area contributed by atoms with Crippen LogP contribution in [0.5, 0.6) is 0 Å². The molecule has 0 bridgehead atoms. The van der Waals surface area contributed by atoms with E-state index in [9.17, 15) is 9.59 Å². The summed E-state index contributed by atoms with van der Waals surface area (Å²) in [5, 5.41) is 11.9. The number of hydrogen-bond acceptors (Lipinski definition) is 4. The van der Waals surface area contributed by atoms with Crippen LogP contribution in [0.1, 0.15) is 48.8 Å². The first-order valence-corrected chi connectivity index (χ1v) is 11.0. The number of carbonyl (C=O) groups is 2. The van der Waals surface area contributed by atoms with Gasteiger partial charge < -0.3 is 10.2 Å². The predicted molar refractivity (Wildman–Crippen MR) is 119 cm³/mol. The zero-order valence-corrected chi connectivity index (χ0v) is 18.4. The molecule has 0 radical (unpaired) electrons. The third-order valence-corrected chi connectivity index (χ3v) is 6.18. The van der Waals surface area contributed by atoms with Crippen molar-refractivity contribution in [3.05, 3.63) is 65.1 Å². The number of amides is 2. The minimum atomic E-state index is -0.603. The van der Waals surface area contributed by atoms with Crippen LogP contribution < -0.4 is 5.32 Å². The molecule has 1 N–H and O–H groups in total. The molecule has 8 heteroatoms. The summed E-state index contributed by atoms with van der Waals surface area (Å²) in [7, 11) is 0. The van der Waals surface area contributed by atoms with Crippen molar-refractivity contribution in [1.82, 2.24) is 24.8 Å². The van der Waals surface area contributed by atoms with Crippen LogP contribution in [0.15, 0.2) is 48.7 Å². The van der Waals surface area contributed by atoms with Gasteiger partial charge in [-0.15, -0.1) is 10.2 Å². The summed E-state index contributed by atoms with van der Waals surface area (Å²) in [6.45, 7) is 5.11. The molecule has 0 saturated carbocycles. The number of halogens is 1. The molecule has 162 valence electrons. The van der Waals surface area contributed by atoms with E-state index < -0.39 is 6.04 Å². The van der Waals surface area contributed by atoms with E-state index in [1.165, 1.54) is 0 Å². The summed E-state index contributed by atoms with van der Waals surface area (Å²) in [5.74, 6) is 0.756. The first kappa shape index (κ1) is 21.3. The quantitative estimate of drug-likeness (QED) is 0.659. The number of carbonyl (C=O) groups excluding carboxylic acids is 2. The Balaban J connectivity index is 1.42. The summed E-state index contributed by atoms with van der Waals surface area (Å²) < 4.78 is 2.02. The molecule has 31 heavy (non-hydrogen) atoms. The van der Waals surface area contributed by atoms with Crippen LogP contribution in [0.2, 0.25) is 5.02 Å². The van der Waals surface area contributed by atoms with Crippen molar-refractivity contribution in [2.45, 2.75) is 38.6 Å². The van der Waals surface area contributed by atoms with Crippen molar-refractivity contribution in [3.8, 4) is 0 Å². The highest BCUT2D eigenvalue weighted by atomic mass is 35.5. The maximum absolute atomic E-state index is 13.2. The largest absolute Gasteiger partial charge is 0.341 e. The van der Waals surface area contributed by atoms with Crippen LogP contribution in [-0.2, 0) is 4.79 Å². The van der Waals surface area contributed by atoms with Gasteiger partial charge in [-0.2, -0.15) is 0 Å². The summed E-state index contributed by atoms with van der Waals surface area (Å²) in [6, 6.07) is 12.1. The van der Waals surface area contributed by atoms with Crippen LogP contribution >= 0.6 is 11.6 Å². The third kappa shape index (κ3) is 4.42. The van der Waals surface area contributed by atoms with Gasteiger partial charge in [-0.05, 0) is 43.0 Å². The number of piperidine rings is 1. The van der Waals surface area contributed by atoms with Crippen LogP contribution in [0.3, 0.4) is 0 Å². The van der Waals surface area contributed by atoms with E-state index >= 15 is 0 Å². The van der Waals surface area contributed by atoms with Gasteiger partial charge in [0.2, 0.25) is 5.91 Å². The summed E-state index contributed by atoms with van der Waals surface area (Å²) in [5.41, 5.74) is 1.21. The van der Waals surface area contributed by atoms with Gasteiger partial charge >= 0.3 is 0 Å². The summed E-state index contributed by atoms with van der Waals surface area (Å²) in [6.07, 6.45) is 3.59. The van der Waals surface area contributed by atoms with E-state index in [4.69, 9.17) is 11.6 Å². The number of pyridine rings is 1. The molecule has 1 saturated heterocycles. The topological polar surface area (TPSA) is 79.6 Å². The SMILES string of the molecule is CC(C)[C@@H](NC(=O)c1ccccc1Cl)C(=O)N1CCC(c2nnc3ccccn23)CC1. The number of nitrogens with one attached hydrogen (secondary N) is 1. The highest BCUT2D eigenvalue weighted by molar-refractivity contribution is 6.33. The van der Waals surface area contributed by atoms with Crippen molar-refractivity contribution >= 4 is 29.1 Å². The number of nitrogens with zero attached hydrogens (tertiary/aromatic N) is 4. The zero-order chi connectivity index (χ0) is 22.0. The molecule has 3 heterocycles. The van der Waals surface area contributed by atoms with Crippen molar-refractivity contribution in [3.63, 3.8) is 0 Å². The van der Waals surface area contributed by atoms with E-state index in [-0.39, 0.29) is 23.7 Å².